The molecule has 0 saturated heterocycles. The van der Waals surface area contributed by atoms with Gasteiger partial charge in [0, 0.05) is 5.38 Å². The van der Waals surface area contributed by atoms with E-state index in [9.17, 15) is 4.79 Å². The van der Waals surface area contributed by atoms with Crippen LogP contribution in [-0.4, -0.2) is 23.2 Å². The molecule has 1 aliphatic rings. The second kappa shape index (κ2) is 2.88. The average Bonchev–Trinajstić information content (AvgIpc) is 2.44. The zero-order chi connectivity index (χ0) is 10.3. The number of anilines is 1. The van der Waals surface area contributed by atoms with Crippen molar-refractivity contribution in [1.29, 1.82) is 0 Å². The molecule has 2 rings (SSSR count). The predicted octanol–water partition coefficient (Wildman–Crippen LogP) is 2.03. The van der Waals surface area contributed by atoms with Gasteiger partial charge in [-0.3, -0.25) is 0 Å². The zero-order valence-electron chi connectivity index (χ0n) is 7.96. The van der Waals surface area contributed by atoms with Crippen LogP contribution in [-0.2, 0) is 0 Å². The van der Waals surface area contributed by atoms with Crippen LogP contribution in [0.3, 0.4) is 0 Å². The normalized spacial score (nSPS) is 17.9. The van der Waals surface area contributed by atoms with E-state index in [-0.39, 0.29) is 10.5 Å². The molecule has 0 bridgehead atoms. The summed E-state index contributed by atoms with van der Waals surface area (Å²) in [7, 11) is 0. The number of carbonyl (C=O) groups is 1. The number of rotatable bonds is 1. The molecule has 0 aliphatic carbocycles. The summed E-state index contributed by atoms with van der Waals surface area (Å²) in [6.07, 6.45) is 0. The van der Waals surface area contributed by atoms with Crippen LogP contribution in [0.4, 0.5) is 5.69 Å². The lowest BCUT2D eigenvalue weighted by molar-refractivity contribution is 0.0683. The van der Waals surface area contributed by atoms with Gasteiger partial charge in [-0.2, -0.15) is 0 Å². The summed E-state index contributed by atoms with van der Waals surface area (Å²) in [4.78, 5) is 11.1. The van der Waals surface area contributed by atoms with Gasteiger partial charge in [0.2, 0.25) is 0 Å². The maximum atomic E-state index is 10.8. The van der Waals surface area contributed by atoms with E-state index in [1.807, 2.05) is 13.8 Å². The molecule has 0 spiro atoms. The van der Waals surface area contributed by atoms with Crippen LogP contribution in [0.5, 0.6) is 5.75 Å². The number of thiophene rings is 1. The maximum Gasteiger partial charge on any atom is 0.349 e. The highest BCUT2D eigenvalue weighted by Crippen LogP contribution is 2.40. The highest BCUT2D eigenvalue weighted by molar-refractivity contribution is 7.13. The van der Waals surface area contributed by atoms with E-state index in [1.165, 1.54) is 11.3 Å². The van der Waals surface area contributed by atoms with Crippen LogP contribution in [0.2, 0.25) is 0 Å². The van der Waals surface area contributed by atoms with Crippen molar-refractivity contribution in [1.82, 2.24) is 0 Å². The monoisotopic (exact) mass is 213 g/mol. The topological polar surface area (TPSA) is 58.6 Å². The van der Waals surface area contributed by atoms with E-state index < -0.39 is 5.97 Å². The number of nitrogens with one attached hydrogen (secondary N) is 1. The highest BCUT2D eigenvalue weighted by atomic mass is 32.1. The van der Waals surface area contributed by atoms with Crippen LogP contribution >= 0.6 is 11.3 Å². The predicted molar refractivity (Wildman–Crippen MR) is 54.5 cm³/mol. The third-order valence-corrected chi connectivity index (χ3v) is 2.97. The average molecular weight is 213 g/mol. The summed E-state index contributed by atoms with van der Waals surface area (Å²) in [6.45, 7) is 4.54. The van der Waals surface area contributed by atoms with Crippen molar-refractivity contribution in [2.45, 2.75) is 19.4 Å². The number of hydrogen-bond donors (Lipinski definition) is 2. The lowest BCUT2D eigenvalue weighted by Crippen LogP contribution is -2.40. The van der Waals surface area contributed by atoms with Crippen molar-refractivity contribution < 1.29 is 14.6 Å². The second-order valence-corrected chi connectivity index (χ2v) is 4.71. The Bertz CT molecular complexity index is 383. The molecule has 5 heteroatoms. The fourth-order valence-corrected chi connectivity index (χ4v) is 2.12. The number of hydrogen-bond acceptors (Lipinski definition) is 4. The lowest BCUT2D eigenvalue weighted by Gasteiger charge is -2.32. The van der Waals surface area contributed by atoms with E-state index >= 15 is 0 Å². The Morgan fingerprint density at radius 1 is 1.71 bits per heavy atom. The van der Waals surface area contributed by atoms with Crippen molar-refractivity contribution in [3.05, 3.63) is 10.3 Å². The smallest absolute Gasteiger partial charge is 0.349 e. The SMILES string of the molecule is CC1(C)CNc2csc(C(=O)O)c2O1. The molecule has 2 N–H and O–H groups in total. The van der Waals surface area contributed by atoms with E-state index in [0.717, 1.165) is 5.69 Å². The Balaban J connectivity index is 2.42. The van der Waals surface area contributed by atoms with Gasteiger partial charge in [-0.05, 0) is 13.8 Å². The molecule has 0 saturated carbocycles. The standard InChI is InChI=1S/C9H11NO3S/c1-9(2)4-10-5-3-14-7(8(11)12)6(5)13-9/h3,10H,4H2,1-2H3,(H,11,12). The first-order valence-electron chi connectivity index (χ1n) is 4.27. The molecule has 1 aromatic heterocycles. The number of fused-ring (bicyclic) bond motifs is 1. The molecule has 4 nitrogen and oxygen atoms in total. The van der Waals surface area contributed by atoms with Crippen LogP contribution in [0, 0.1) is 0 Å². The molecule has 1 aromatic rings. The van der Waals surface area contributed by atoms with Crippen LogP contribution < -0.4 is 10.1 Å². The number of carboxylic acid groups (broad SMARTS) is 1. The van der Waals surface area contributed by atoms with Crippen molar-refractivity contribution >= 4 is 23.0 Å². The first-order valence-corrected chi connectivity index (χ1v) is 5.15. The Labute approximate surface area is 85.5 Å². The quantitative estimate of drug-likeness (QED) is 0.749. The lowest BCUT2D eigenvalue weighted by atomic mass is 10.1. The summed E-state index contributed by atoms with van der Waals surface area (Å²) < 4.78 is 5.62. The van der Waals surface area contributed by atoms with Gasteiger partial charge >= 0.3 is 5.97 Å². The van der Waals surface area contributed by atoms with E-state index in [1.54, 1.807) is 5.38 Å². The Kier molecular flexibility index (Phi) is 1.92. The molecule has 0 amide bonds. The van der Waals surface area contributed by atoms with E-state index in [0.29, 0.717) is 12.3 Å². The van der Waals surface area contributed by atoms with E-state index in [4.69, 9.17) is 9.84 Å². The third kappa shape index (κ3) is 1.43. The highest BCUT2D eigenvalue weighted by Gasteiger charge is 2.31. The van der Waals surface area contributed by atoms with Gasteiger partial charge in [0.05, 0.1) is 12.2 Å². The number of carboxylic acids is 1. The first kappa shape index (κ1) is 9.33. The molecule has 1 aliphatic heterocycles. The van der Waals surface area contributed by atoms with Gasteiger partial charge in [0.15, 0.2) is 10.6 Å². The van der Waals surface area contributed by atoms with E-state index in [2.05, 4.69) is 5.32 Å². The molecule has 0 atom stereocenters. The van der Waals surface area contributed by atoms with Crippen LogP contribution in [0.1, 0.15) is 23.5 Å². The first-order chi connectivity index (χ1) is 6.49. The Morgan fingerprint density at radius 3 is 3.07 bits per heavy atom. The second-order valence-electron chi connectivity index (χ2n) is 3.83. The molecule has 76 valence electrons. The van der Waals surface area contributed by atoms with Crippen molar-refractivity contribution in [2.75, 3.05) is 11.9 Å². The van der Waals surface area contributed by atoms with Crippen molar-refractivity contribution in [2.24, 2.45) is 0 Å². The van der Waals surface area contributed by atoms with Gasteiger partial charge in [0.25, 0.3) is 0 Å². The number of aromatic carboxylic acids is 1. The Morgan fingerprint density at radius 2 is 2.43 bits per heavy atom. The molecule has 2 heterocycles. The van der Waals surface area contributed by atoms with Gasteiger partial charge in [-0.15, -0.1) is 11.3 Å². The minimum Gasteiger partial charge on any atom is -0.482 e. The van der Waals surface area contributed by atoms with Crippen molar-refractivity contribution in [3.8, 4) is 5.75 Å². The number of ether oxygens (including phenoxy) is 1. The Hall–Kier alpha value is -1.23. The van der Waals surface area contributed by atoms with Gasteiger partial charge in [0.1, 0.15) is 5.60 Å². The fraction of sp³-hybridized carbons (Fsp3) is 0.444. The minimum atomic E-state index is -0.934. The largest absolute Gasteiger partial charge is 0.482 e. The van der Waals surface area contributed by atoms with Crippen LogP contribution in [0.25, 0.3) is 0 Å². The van der Waals surface area contributed by atoms with Gasteiger partial charge in [-0.1, -0.05) is 0 Å². The molecule has 0 unspecified atom stereocenters. The summed E-state index contributed by atoms with van der Waals surface area (Å²) in [5.41, 5.74) is 0.435. The summed E-state index contributed by atoms with van der Waals surface area (Å²) in [6, 6.07) is 0. The maximum absolute atomic E-state index is 10.8. The van der Waals surface area contributed by atoms with Gasteiger partial charge in [-0.25, -0.2) is 4.79 Å². The molecular formula is C9H11NO3S. The summed E-state index contributed by atoms with van der Waals surface area (Å²) >= 11 is 1.19. The summed E-state index contributed by atoms with van der Waals surface area (Å²) in [5.74, 6) is -0.463. The molecule has 0 fully saturated rings. The molecular weight excluding hydrogens is 202 g/mol. The van der Waals surface area contributed by atoms with Gasteiger partial charge < -0.3 is 15.2 Å². The van der Waals surface area contributed by atoms with Crippen molar-refractivity contribution in [3.63, 3.8) is 0 Å². The molecule has 0 aromatic carbocycles. The third-order valence-electron chi connectivity index (χ3n) is 2.02. The fourth-order valence-electron chi connectivity index (χ4n) is 1.34. The zero-order valence-corrected chi connectivity index (χ0v) is 8.77. The van der Waals surface area contributed by atoms with Crippen LogP contribution in [0.15, 0.2) is 5.38 Å². The minimum absolute atomic E-state index is 0.264. The summed E-state index contributed by atoms with van der Waals surface area (Å²) in [5, 5.41) is 13.8. The molecule has 14 heavy (non-hydrogen) atoms. The molecule has 0 radical (unpaired) electrons.